The Bertz CT molecular complexity index is 552. The molecule has 0 aliphatic heterocycles. The lowest BCUT2D eigenvalue weighted by molar-refractivity contribution is 0.959. The summed E-state index contributed by atoms with van der Waals surface area (Å²) in [5.74, 6) is 0.956. The van der Waals surface area contributed by atoms with Gasteiger partial charge in [-0.15, -0.1) is 0 Å². The van der Waals surface area contributed by atoms with Gasteiger partial charge in [-0.2, -0.15) is 0 Å². The van der Waals surface area contributed by atoms with Crippen LogP contribution in [0.5, 0.6) is 0 Å². The number of hydrogen-bond acceptors (Lipinski definition) is 3. The summed E-state index contributed by atoms with van der Waals surface area (Å²) in [5, 5.41) is 4.36. The van der Waals surface area contributed by atoms with Crippen molar-refractivity contribution in [1.82, 2.24) is 4.98 Å². The Balaban J connectivity index is 2.16. The average molecular weight is 272 g/mol. The Morgan fingerprint density at radius 1 is 1.16 bits per heavy atom. The molecule has 3 heteroatoms. The van der Waals surface area contributed by atoms with E-state index in [9.17, 15) is 0 Å². The van der Waals surface area contributed by atoms with E-state index in [0.717, 1.165) is 23.8 Å². The van der Waals surface area contributed by atoms with Crippen LogP contribution >= 0.6 is 11.8 Å². The van der Waals surface area contributed by atoms with Crippen molar-refractivity contribution in [3.8, 4) is 0 Å². The van der Waals surface area contributed by atoms with E-state index in [0.29, 0.717) is 0 Å². The lowest BCUT2D eigenvalue weighted by atomic mass is 10.2. The molecule has 0 atom stereocenters. The molecule has 0 aliphatic carbocycles. The summed E-state index contributed by atoms with van der Waals surface area (Å²) in [7, 11) is 0. The maximum atomic E-state index is 4.63. The molecule has 2 nitrogen and oxygen atoms in total. The molecule has 1 aromatic carbocycles. The molecule has 0 fully saturated rings. The predicted octanol–water partition coefficient (Wildman–Crippen LogP) is 4.67. The summed E-state index contributed by atoms with van der Waals surface area (Å²) in [5.41, 5.74) is 2.58. The fraction of sp³-hybridized carbons (Fsp3) is 0.312. The number of pyridine rings is 1. The predicted molar refractivity (Wildman–Crippen MR) is 83.1 cm³/mol. The second kappa shape index (κ2) is 6.62. The second-order valence-corrected chi connectivity index (χ2v) is 5.72. The third kappa shape index (κ3) is 4.00. The molecule has 2 aromatic rings. The molecule has 0 radical (unpaired) electrons. The number of nitrogens with zero attached hydrogens (tertiary/aromatic N) is 1. The molecular formula is C16H20N2S. The van der Waals surface area contributed by atoms with Gasteiger partial charge in [0.2, 0.25) is 0 Å². The van der Waals surface area contributed by atoms with Crippen molar-refractivity contribution < 1.29 is 0 Å². The van der Waals surface area contributed by atoms with Gasteiger partial charge in [-0.25, -0.2) is 4.98 Å². The van der Waals surface area contributed by atoms with Gasteiger partial charge in [-0.1, -0.05) is 36.9 Å². The van der Waals surface area contributed by atoms with E-state index >= 15 is 0 Å². The molecule has 0 amide bonds. The van der Waals surface area contributed by atoms with Crippen molar-refractivity contribution in [2.45, 2.75) is 37.1 Å². The molecular weight excluding hydrogens is 252 g/mol. The number of nitrogens with one attached hydrogen (secondary N) is 1. The smallest absolute Gasteiger partial charge is 0.127 e. The number of anilines is 1. The van der Waals surface area contributed by atoms with Crippen LogP contribution in [0.3, 0.4) is 0 Å². The quantitative estimate of drug-likeness (QED) is 0.856. The van der Waals surface area contributed by atoms with E-state index in [-0.39, 0.29) is 0 Å². The molecule has 0 aliphatic rings. The topological polar surface area (TPSA) is 24.9 Å². The van der Waals surface area contributed by atoms with Crippen LogP contribution < -0.4 is 5.32 Å². The Labute approximate surface area is 119 Å². The van der Waals surface area contributed by atoms with Crippen LogP contribution in [0.25, 0.3) is 0 Å². The first-order chi connectivity index (χ1) is 9.19. The maximum absolute atomic E-state index is 4.63. The molecule has 2 rings (SSSR count). The minimum Gasteiger partial charge on any atom is -0.370 e. The molecule has 1 aromatic heterocycles. The summed E-state index contributed by atoms with van der Waals surface area (Å²) in [6, 6.07) is 12.7. The van der Waals surface area contributed by atoms with Crippen LogP contribution in [-0.2, 0) is 0 Å². The van der Waals surface area contributed by atoms with E-state index in [2.05, 4.69) is 61.4 Å². The van der Waals surface area contributed by atoms with Gasteiger partial charge in [0.1, 0.15) is 10.8 Å². The third-order valence-corrected chi connectivity index (χ3v) is 3.93. The van der Waals surface area contributed by atoms with Gasteiger partial charge >= 0.3 is 0 Å². The highest BCUT2D eigenvalue weighted by atomic mass is 32.2. The number of benzene rings is 1. The number of rotatable bonds is 5. The van der Waals surface area contributed by atoms with E-state index < -0.39 is 0 Å². The largest absolute Gasteiger partial charge is 0.370 e. The number of aryl methyl sites for hydroxylation is 2. The molecule has 19 heavy (non-hydrogen) atoms. The summed E-state index contributed by atoms with van der Waals surface area (Å²) in [4.78, 5) is 5.91. The Kier molecular flexibility index (Phi) is 4.86. The van der Waals surface area contributed by atoms with E-state index in [1.165, 1.54) is 16.0 Å². The summed E-state index contributed by atoms with van der Waals surface area (Å²) >= 11 is 1.72. The van der Waals surface area contributed by atoms with Crippen molar-refractivity contribution in [3.05, 3.63) is 47.5 Å². The van der Waals surface area contributed by atoms with Crippen LogP contribution in [0.4, 0.5) is 5.82 Å². The summed E-state index contributed by atoms with van der Waals surface area (Å²) in [6.45, 7) is 7.38. The maximum Gasteiger partial charge on any atom is 0.127 e. The summed E-state index contributed by atoms with van der Waals surface area (Å²) in [6.07, 6.45) is 1.11. The zero-order valence-electron chi connectivity index (χ0n) is 11.7. The molecule has 1 N–H and O–H groups in total. The SMILES string of the molecule is CCCNc1cccc(Sc2cc(C)ccc2C)n1. The first-order valence-corrected chi connectivity index (χ1v) is 7.46. The van der Waals surface area contributed by atoms with Crippen molar-refractivity contribution >= 4 is 17.6 Å². The van der Waals surface area contributed by atoms with Gasteiger partial charge in [0.15, 0.2) is 0 Å². The van der Waals surface area contributed by atoms with Crippen molar-refractivity contribution in [1.29, 1.82) is 0 Å². The fourth-order valence-corrected chi connectivity index (χ4v) is 2.74. The van der Waals surface area contributed by atoms with E-state index in [4.69, 9.17) is 0 Å². The van der Waals surface area contributed by atoms with Gasteiger partial charge in [0.05, 0.1) is 0 Å². The van der Waals surface area contributed by atoms with Gasteiger partial charge in [0, 0.05) is 11.4 Å². The highest BCUT2D eigenvalue weighted by molar-refractivity contribution is 7.99. The van der Waals surface area contributed by atoms with E-state index in [1.807, 2.05) is 6.07 Å². The number of hydrogen-bond donors (Lipinski definition) is 1. The molecule has 0 spiro atoms. The fourth-order valence-electron chi connectivity index (χ4n) is 1.75. The van der Waals surface area contributed by atoms with Crippen molar-refractivity contribution in [2.75, 3.05) is 11.9 Å². The lowest BCUT2D eigenvalue weighted by Gasteiger charge is -2.08. The zero-order chi connectivity index (χ0) is 13.7. The van der Waals surface area contributed by atoms with Crippen molar-refractivity contribution in [3.63, 3.8) is 0 Å². The molecule has 100 valence electrons. The first-order valence-electron chi connectivity index (χ1n) is 6.65. The molecule has 0 unspecified atom stereocenters. The molecule has 0 saturated carbocycles. The average Bonchev–Trinajstić information content (AvgIpc) is 2.41. The molecule has 0 saturated heterocycles. The second-order valence-electron chi connectivity index (χ2n) is 4.66. The standard InChI is InChI=1S/C16H20N2S/c1-4-10-17-15-6-5-7-16(18-15)19-14-11-12(2)8-9-13(14)3/h5-9,11H,4,10H2,1-3H3,(H,17,18). The van der Waals surface area contributed by atoms with Crippen LogP contribution in [0, 0.1) is 13.8 Å². The highest BCUT2D eigenvalue weighted by Crippen LogP contribution is 2.30. The zero-order valence-corrected chi connectivity index (χ0v) is 12.6. The Morgan fingerprint density at radius 3 is 2.79 bits per heavy atom. The van der Waals surface area contributed by atoms with Crippen LogP contribution in [0.1, 0.15) is 24.5 Å². The van der Waals surface area contributed by atoms with Gasteiger partial charge in [0.25, 0.3) is 0 Å². The van der Waals surface area contributed by atoms with Gasteiger partial charge < -0.3 is 5.32 Å². The summed E-state index contributed by atoms with van der Waals surface area (Å²) < 4.78 is 0. The van der Waals surface area contributed by atoms with Crippen molar-refractivity contribution in [2.24, 2.45) is 0 Å². The minimum atomic E-state index is 0.956. The molecule has 0 bridgehead atoms. The van der Waals surface area contributed by atoms with E-state index in [1.54, 1.807) is 11.8 Å². The minimum absolute atomic E-state index is 0.956. The third-order valence-electron chi connectivity index (χ3n) is 2.84. The number of aromatic nitrogens is 1. The van der Waals surface area contributed by atoms with Crippen LogP contribution in [-0.4, -0.2) is 11.5 Å². The first kappa shape index (κ1) is 13.9. The molecule has 1 heterocycles. The normalized spacial score (nSPS) is 10.5. The van der Waals surface area contributed by atoms with Gasteiger partial charge in [-0.05, 0) is 49.6 Å². The highest BCUT2D eigenvalue weighted by Gasteiger charge is 2.03. The Morgan fingerprint density at radius 2 is 2.00 bits per heavy atom. The Hall–Kier alpha value is -1.48. The lowest BCUT2D eigenvalue weighted by Crippen LogP contribution is -2.01. The van der Waals surface area contributed by atoms with Crippen LogP contribution in [0.2, 0.25) is 0 Å². The van der Waals surface area contributed by atoms with Crippen LogP contribution in [0.15, 0.2) is 46.3 Å². The van der Waals surface area contributed by atoms with Gasteiger partial charge in [-0.3, -0.25) is 0 Å². The monoisotopic (exact) mass is 272 g/mol.